The van der Waals surface area contributed by atoms with Crippen molar-refractivity contribution in [3.63, 3.8) is 0 Å². The van der Waals surface area contributed by atoms with Crippen molar-refractivity contribution in [1.82, 2.24) is 9.55 Å². The summed E-state index contributed by atoms with van der Waals surface area (Å²) in [6, 6.07) is 15.2. The summed E-state index contributed by atoms with van der Waals surface area (Å²) in [5.74, 6) is -0.449. The first-order valence-corrected chi connectivity index (χ1v) is 11.6. The van der Waals surface area contributed by atoms with E-state index in [4.69, 9.17) is 4.74 Å². The molecule has 0 aliphatic carbocycles. The molecule has 1 N–H and O–H groups in total. The smallest absolute Gasteiger partial charge is 0.338 e. The van der Waals surface area contributed by atoms with Crippen LogP contribution in [0.25, 0.3) is 17.0 Å². The summed E-state index contributed by atoms with van der Waals surface area (Å²) in [6.07, 6.45) is 3.79. The Hall–Kier alpha value is -3.71. The molecule has 5 rings (SSSR count). The average Bonchev–Trinajstić information content (AvgIpc) is 3.35. The maximum absolute atomic E-state index is 13.7. The van der Waals surface area contributed by atoms with Gasteiger partial charge < -0.3 is 9.72 Å². The van der Waals surface area contributed by atoms with Gasteiger partial charge in [0.15, 0.2) is 4.80 Å². The SMILES string of the molecule is CCOC(=O)C1=C(C)N=c2s/c(=C\c3c[nH]c4ccccc34)c(=O)n2C1c1ccc(C)cc1. The molecule has 0 radical (unpaired) electrons. The number of thiazole rings is 1. The maximum Gasteiger partial charge on any atom is 0.338 e. The van der Waals surface area contributed by atoms with Crippen LogP contribution in [-0.4, -0.2) is 22.1 Å². The zero-order valence-electron chi connectivity index (χ0n) is 18.6. The summed E-state index contributed by atoms with van der Waals surface area (Å²) in [5, 5.41) is 1.04. The van der Waals surface area contributed by atoms with Crippen LogP contribution < -0.4 is 14.9 Å². The van der Waals surface area contributed by atoms with Crippen molar-refractivity contribution in [1.29, 1.82) is 0 Å². The van der Waals surface area contributed by atoms with Gasteiger partial charge in [-0.15, -0.1) is 0 Å². The second-order valence-corrected chi connectivity index (χ2v) is 9.01. The fourth-order valence-electron chi connectivity index (χ4n) is 4.21. The van der Waals surface area contributed by atoms with E-state index in [-0.39, 0.29) is 12.2 Å². The molecule has 3 heterocycles. The number of nitrogens with one attached hydrogen (secondary N) is 1. The summed E-state index contributed by atoms with van der Waals surface area (Å²) in [6.45, 7) is 5.82. The van der Waals surface area contributed by atoms with Gasteiger partial charge >= 0.3 is 5.97 Å². The number of nitrogens with zero attached hydrogens (tertiary/aromatic N) is 2. The number of hydrogen-bond donors (Lipinski definition) is 1. The number of ether oxygens (including phenoxy) is 1. The highest BCUT2D eigenvalue weighted by Gasteiger charge is 2.33. The summed E-state index contributed by atoms with van der Waals surface area (Å²) >= 11 is 1.33. The predicted octanol–water partition coefficient (Wildman–Crippen LogP) is 3.59. The lowest BCUT2D eigenvalue weighted by Crippen LogP contribution is -2.39. The van der Waals surface area contributed by atoms with Gasteiger partial charge in [-0.05, 0) is 38.5 Å². The summed E-state index contributed by atoms with van der Waals surface area (Å²) in [4.78, 5) is 35.0. The first kappa shape index (κ1) is 21.2. The van der Waals surface area contributed by atoms with Gasteiger partial charge in [-0.25, -0.2) is 9.79 Å². The zero-order chi connectivity index (χ0) is 23.1. The number of fused-ring (bicyclic) bond motifs is 2. The lowest BCUT2D eigenvalue weighted by molar-refractivity contribution is -0.139. The van der Waals surface area contributed by atoms with Crippen molar-refractivity contribution in [2.45, 2.75) is 26.8 Å². The molecule has 2 aromatic heterocycles. The Morgan fingerprint density at radius 3 is 2.70 bits per heavy atom. The molecule has 7 heteroatoms. The van der Waals surface area contributed by atoms with Gasteiger partial charge in [0.1, 0.15) is 0 Å². The average molecular weight is 458 g/mol. The van der Waals surface area contributed by atoms with Crippen molar-refractivity contribution in [2.75, 3.05) is 6.61 Å². The van der Waals surface area contributed by atoms with Crippen LogP contribution in [-0.2, 0) is 9.53 Å². The molecule has 4 aromatic rings. The number of aromatic amines is 1. The van der Waals surface area contributed by atoms with Crippen LogP contribution in [0.15, 0.2) is 75.8 Å². The lowest BCUT2D eigenvalue weighted by atomic mass is 9.95. The van der Waals surface area contributed by atoms with E-state index in [1.165, 1.54) is 11.3 Å². The number of allylic oxidation sites excluding steroid dienone is 1. The van der Waals surface area contributed by atoms with Gasteiger partial charge in [0.25, 0.3) is 5.56 Å². The number of esters is 1. The molecular formula is C26H23N3O3S. The van der Waals surface area contributed by atoms with Crippen molar-refractivity contribution < 1.29 is 9.53 Å². The zero-order valence-corrected chi connectivity index (χ0v) is 19.4. The minimum Gasteiger partial charge on any atom is -0.463 e. The highest BCUT2D eigenvalue weighted by atomic mass is 32.1. The van der Waals surface area contributed by atoms with Gasteiger partial charge in [-0.1, -0.05) is 59.4 Å². The van der Waals surface area contributed by atoms with Gasteiger partial charge in [0.05, 0.1) is 28.5 Å². The number of aromatic nitrogens is 2. The quantitative estimate of drug-likeness (QED) is 0.476. The maximum atomic E-state index is 13.7. The third-order valence-corrected chi connectivity index (χ3v) is 6.80. The summed E-state index contributed by atoms with van der Waals surface area (Å²) < 4.78 is 7.53. The molecule has 0 spiro atoms. The first-order valence-electron chi connectivity index (χ1n) is 10.8. The molecule has 0 bridgehead atoms. The van der Waals surface area contributed by atoms with Crippen molar-refractivity contribution in [3.05, 3.63) is 102 Å². The van der Waals surface area contributed by atoms with Crippen LogP contribution in [0.2, 0.25) is 0 Å². The van der Waals surface area contributed by atoms with E-state index in [1.54, 1.807) is 18.4 Å². The normalized spacial score (nSPS) is 16.1. The minimum atomic E-state index is -0.592. The van der Waals surface area contributed by atoms with E-state index in [0.717, 1.165) is 27.6 Å². The molecule has 0 fully saturated rings. The number of para-hydroxylation sites is 1. The molecular weight excluding hydrogens is 434 g/mol. The summed E-state index contributed by atoms with van der Waals surface area (Å²) in [7, 11) is 0. The molecule has 33 heavy (non-hydrogen) atoms. The number of hydrogen-bond acceptors (Lipinski definition) is 5. The Balaban J connectivity index is 1.74. The summed E-state index contributed by atoms with van der Waals surface area (Å²) in [5.41, 5.74) is 4.68. The predicted molar refractivity (Wildman–Crippen MR) is 130 cm³/mol. The van der Waals surface area contributed by atoms with Crippen LogP contribution in [0.1, 0.15) is 36.6 Å². The second-order valence-electron chi connectivity index (χ2n) is 8.00. The van der Waals surface area contributed by atoms with E-state index in [2.05, 4.69) is 9.98 Å². The number of carbonyl (C=O) groups is 1. The molecule has 166 valence electrons. The minimum absolute atomic E-state index is 0.177. The van der Waals surface area contributed by atoms with Gasteiger partial charge in [0, 0.05) is 22.7 Å². The van der Waals surface area contributed by atoms with Gasteiger partial charge in [-0.3, -0.25) is 9.36 Å². The van der Waals surface area contributed by atoms with Crippen LogP contribution in [0.5, 0.6) is 0 Å². The van der Waals surface area contributed by atoms with E-state index in [1.807, 2.05) is 67.7 Å². The number of aryl methyl sites for hydroxylation is 1. The largest absolute Gasteiger partial charge is 0.463 e. The number of carbonyl (C=O) groups excluding carboxylic acids is 1. The Labute approximate surface area is 194 Å². The monoisotopic (exact) mass is 457 g/mol. The fourth-order valence-corrected chi connectivity index (χ4v) is 5.25. The highest BCUT2D eigenvalue weighted by Crippen LogP contribution is 2.30. The van der Waals surface area contributed by atoms with E-state index in [9.17, 15) is 9.59 Å². The van der Waals surface area contributed by atoms with E-state index < -0.39 is 12.0 Å². The van der Waals surface area contributed by atoms with Crippen molar-refractivity contribution >= 4 is 34.3 Å². The van der Waals surface area contributed by atoms with Crippen LogP contribution in [0, 0.1) is 6.92 Å². The molecule has 0 saturated carbocycles. The van der Waals surface area contributed by atoms with Crippen molar-refractivity contribution in [2.24, 2.45) is 4.99 Å². The molecule has 1 unspecified atom stereocenters. The Kier molecular flexibility index (Phi) is 5.34. The lowest BCUT2D eigenvalue weighted by Gasteiger charge is -2.24. The third kappa shape index (κ3) is 3.64. The molecule has 0 saturated heterocycles. The van der Waals surface area contributed by atoms with Crippen LogP contribution >= 0.6 is 11.3 Å². The number of rotatable bonds is 4. The third-order valence-electron chi connectivity index (χ3n) is 5.82. The second kappa shape index (κ2) is 8.33. The molecule has 2 aromatic carbocycles. The van der Waals surface area contributed by atoms with E-state index >= 15 is 0 Å². The Morgan fingerprint density at radius 2 is 1.94 bits per heavy atom. The number of benzene rings is 2. The van der Waals surface area contributed by atoms with Gasteiger partial charge in [0.2, 0.25) is 0 Å². The molecule has 6 nitrogen and oxygen atoms in total. The Morgan fingerprint density at radius 1 is 1.18 bits per heavy atom. The molecule has 1 aliphatic heterocycles. The van der Waals surface area contributed by atoms with E-state index in [0.29, 0.717) is 20.6 Å². The topological polar surface area (TPSA) is 76.4 Å². The Bertz CT molecular complexity index is 1590. The standard InChI is InChI=1S/C26H23N3O3S/c1-4-32-25(31)22-16(3)28-26-29(23(22)17-11-9-15(2)10-12-17)24(30)21(33-26)13-18-14-27-20-8-6-5-7-19(18)20/h5-14,23,27H,4H2,1-3H3/b21-13-. The first-order chi connectivity index (χ1) is 16.0. The van der Waals surface area contributed by atoms with Gasteiger partial charge in [-0.2, -0.15) is 0 Å². The van der Waals surface area contributed by atoms with Crippen molar-refractivity contribution in [3.8, 4) is 0 Å². The molecule has 1 atom stereocenters. The molecule has 0 amide bonds. The van der Waals surface area contributed by atoms with Crippen LogP contribution in [0.3, 0.4) is 0 Å². The number of H-pyrrole nitrogens is 1. The molecule has 1 aliphatic rings. The van der Waals surface area contributed by atoms with Crippen LogP contribution in [0.4, 0.5) is 0 Å². The fraction of sp³-hybridized carbons (Fsp3) is 0.192. The highest BCUT2D eigenvalue weighted by molar-refractivity contribution is 7.07.